The summed E-state index contributed by atoms with van der Waals surface area (Å²) in [6.07, 6.45) is 1.80. The van der Waals surface area contributed by atoms with Crippen LogP contribution in [0.4, 0.5) is 5.82 Å². The van der Waals surface area contributed by atoms with E-state index in [1.165, 1.54) is 0 Å². The highest BCUT2D eigenvalue weighted by atomic mass is 79.9. The van der Waals surface area contributed by atoms with Crippen LogP contribution < -0.4 is 5.73 Å². The van der Waals surface area contributed by atoms with E-state index in [9.17, 15) is 0 Å². The number of nitrogens with zero attached hydrogens (tertiary/aromatic N) is 2. The predicted molar refractivity (Wildman–Crippen MR) is 83.6 cm³/mol. The van der Waals surface area contributed by atoms with Gasteiger partial charge in [0.25, 0.3) is 0 Å². The molecule has 0 bridgehead atoms. The Hall–Kier alpha value is -0.840. The number of aromatic nitrogens is 2. The maximum absolute atomic E-state index is 6.17. The summed E-state index contributed by atoms with van der Waals surface area (Å²) < 4.78 is 0.753. The number of nitrogens with two attached hydrogens (primary N) is 1. The molecule has 1 aromatic heterocycles. The van der Waals surface area contributed by atoms with E-state index in [2.05, 4.69) is 32.8 Å². The number of nitrogen functional groups attached to an aromatic ring is 1. The second-order valence-corrected chi connectivity index (χ2v) is 5.70. The number of hydrogen-bond donors (Lipinski definition) is 1. The van der Waals surface area contributed by atoms with Crippen molar-refractivity contribution < 1.29 is 0 Å². The lowest BCUT2D eigenvalue weighted by Crippen LogP contribution is -2.03. The molecule has 0 aliphatic heterocycles. The van der Waals surface area contributed by atoms with Gasteiger partial charge in [0, 0.05) is 10.6 Å². The van der Waals surface area contributed by atoms with Crippen LogP contribution >= 0.6 is 39.1 Å². The Morgan fingerprint density at radius 3 is 2.63 bits per heavy atom. The van der Waals surface area contributed by atoms with Crippen molar-refractivity contribution in [2.24, 2.45) is 0 Å². The lowest BCUT2D eigenvalue weighted by Gasteiger charge is -2.09. The summed E-state index contributed by atoms with van der Waals surface area (Å²) in [5.41, 5.74) is 7.51. The van der Waals surface area contributed by atoms with E-state index < -0.39 is 0 Å². The van der Waals surface area contributed by atoms with Gasteiger partial charge in [-0.1, -0.05) is 36.5 Å². The zero-order valence-corrected chi connectivity index (χ0v) is 13.3. The van der Waals surface area contributed by atoms with Crippen LogP contribution in [0.1, 0.15) is 19.0 Å². The van der Waals surface area contributed by atoms with E-state index in [-0.39, 0.29) is 0 Å². The lowest BCUT2D eigenvalue weighted by molar-refractivity contribution is 0.870. The maximum Gasteiger partial charge on any atom is 0.163 e. The highest BCUT2D eigenvalue weighted by Gasteiger charge is 2.13. The van der Waals surface area contributed by atoms with Crippen LogP contribution in [-0.4, -0.2) is 9.97 Å². The van der Waals surface area contributed by atoms with Gasteiger partial charge in [-0.05, 0) is 40.5 Å². The van der Waals surface area contributed by atoms with Gasteiger partial charge in [-0.2, -0.15) is 0 Å². The first-order valence-corrected chi connectivity index (χ1v) is 7.35. The van der Waals surface area contributed by atoms with Crippen molar-refractivity contribution in [2.75, 3.05) is 5.73 Å². The molecule has 0 saturated carbocycles. The van der Waals surface area contributed by atoms with E-state index in [4.69, 9.17) is 28.9 Å². The highest BCUT2D eigenvalue weighted by molar-refractivity contribution is 9.10. The summed E-state index contributed by atoms with van der Waals surface area (Å²) in [4.78, 5) is 8.79. The van der Waals surface area contributed by atoms with E-state index >= 15 is 0 Å². The number of aryl methyl sites for hydroxylation is 1. The number of anilines is 1. The summed E-state index contributed by atoms with van der Waals surface area (Å²) >= 11 is 15.5. The standard InChI is InChI=1S/C13H12BrCl2N3/c1-2-3-10-11(14)12(17)19-13(18-10)8-5-4-7(15)6-9(8)16/h4-6H,2-3H2,1H3,(H2,17,18,19). The Balaban J connectivity index is 2.56. The Bertz CT molecular complexity index is 617. The molecule has 0 unspecified atom stereocenters. The average molecular weight is 361 g/mol. The Labute approximate surface area is 130 Å². The second-order valence-electron chi connectivity index (χ2n) is 4.07. The minimum atomic E-state index is 0.416. The summed E-state index contributed by atoms with van der Waals surface area (Å²) in [5.74, 6) is 0.935. The van der Waals surface area contributed by atoms with Gasteiger partial charge in [0.05, 0.1) is 15.2 Å². The molecule has 6 heteroatoms. The molecule has 0 aliphatic carbocycles. The van der Waals surface area contributed by atoms with E-state index in [1.54, 1.807) is 18.2 Å². The van der Waals surface area contributed by atoms with Gasteiger partial charge in [-0.3, -0.25) is 0 Å². The molecule has 0 saturated heterocycles. The van der Waals surface area contributed by atoms with Crippen molar-refractivity contribution >= 4 is 44.9 Å². The lowest BCUT2D eigenvalue weighted by atomic mass is 10.2. The van der Waals surface area contributed by atoms with Gasteiger partial charge in [-0.15, -0.1) is 0 Å². The number of benzene rings is 1. The molecule has 19 heavy (non-hydrogen) atoms. The number of halogens is 3. The van der Waals surface area contributed by atoms with Crippen molar-refractivity contribution in [2.45, 2.75) is 19.8 Å². The van der Waals surface area contributed by atoms with Crippen molar-refractivity contribution in [3.05, 3.63) is 38.4 Å². The molecule has 100 valence electrons. The van der Waals surface area contributed by atoms with Gasteiger partial charge in [0.15, 0.2) is 5.82 Å². The first-order valence-electron chi connectivity index (χ1n) is 5.80. The molecule has 0 spiro atoms. The van der Waals surface area contributed by atoms with Crippen molar-refractivity contribution in [3.8, 4) is 11.4 Å². The second kappa shape index (κ2) is 6.07. The van der Waals surface area contributed by atoms with Gasteiger partial charge >= 0.3 is 0 Å². The molecule has 0 atom stereocenters. The molecular weight excluding hydrogens is 349 g/mol. The average Bonchev–Trinajstić information content (AvgIpc) is 2.35. The summed E-state index contributed by atoms with van der Waals surface area (Å²) in [6, 6.07) is 5.21. The minimum absolute atomic E-state index is 0.416. The van der Waals surface area contributed by atoms with Gasteiger partial charge in [0.2, 0.25) is 0 Å². The minimum Gasteiger partial charge on any atom is -0.383 e. The fraction of sp³-hybridized carbons (Fsp3) is 0.231. The van der Waals surface area contributed by atoms with Crippen LogP contribution in [0.25, 0.3) is 11.4 Å². The number of hydrogen-bond acceptors (Lipinski definition) is 3. The van der Waals surface area contributed by atoms with Crippen LogP contribution in [0.15, 0.2) is 22.7 Å². The van der Waals surface area contributed by atoms with Crippen molar-refractivity contribution in [3.63, 3.8) is 0 Å². The topological polar surface area (TPSA) is 51.8 Å². The quantitative estimate of drug-likeness (QED) is 0.859. The normalized spacial score (nSPS) is 10.7. The fourth-order valence-corrected chi connectivity index (χ4v) is 2.58. The SMILES string of the molecule is CCCc1nc(-c2ccc(Cl)cc2Cl)nc(N)c1Br. The highest BCUT2D eigenvalue weighted by Crippen LogP contribution is 2.31. The van der Waals surface area contributed by atoms with E-state index in [0.29, 0.717) is 21.7 Å². The molecule has 1 aromatic carbocycles. The summed E-state index contributed by atoms with van der Waals surface area (Å²) in [7, 11) is 0. The van der Waals surface area contributed by atoms with E-state index in [0.717, 1.165) is 28.6 Å². The van der Waals surface area contributed by atoms with Crippen LogP contribution in [0.2, 0.25) is 10.0 Å². The molecule has 2 rings (SSSR count). The summed E-state index contributed by atoms with van der Waals surface area (Å²) in [5, 5.41) is 1.09. The smallest absolute Gasteiger partial charge is 0.163 e. The third kappa shape index (κ3) is 3.19. The molecule has 2 N–H and O–H groups in total. The number of rotatable bonds is 3. The van der Waals surface area contributed by atoms with Crippen LogP contribution in [-0.2, 0) is 6.42 Å². The predicted octanol–water partition coefficient (Wildman–Crippen LogP) is 4.75. The van der Waals surface area contributed by atoms with Crippen LogP contribution in [0.3, 0.4) is 0 Å². The molecular formula is C13H12BrCl2N3. The monoisotopic (exact) mass is 359 g/mol. The van der Waals surface area contributed by atoms with Gasteiger partial charge < -0.3 is 5.73 Å². The molecule has 1 heterocycles. The maximum atomic E-state index is 6.17. The largest absolute Gasteiger partial charge is 0.383 e. The Morgan fingerprint density at radius 2 is 2.00 bits per heavy atom. The fourth-order valence-electron chi connectivity index (χ4n) is 1.71. The molecule has 0 radical (unpaired) electrons. The molecule has 0 amide bonds. The zero-order chi connectivity index (χ0) is 14.0. The molecule has 3 nitrogen and oxygen atoms in total. The van der Waals surface area contributed by atoms with Crippen molar-refractivity contribution in [1.82, 2.24) is 9.97 Å². The Morgan fingerprint density at radius 1 is 1.26 bits per heavy atom. The first-order chi connectivity index (χ1) is 9.02. The third-order valence-corrected chi connectivity index (χ3v) is 4.02. The van der Waals surface area contributed by atoms with Crippen LogP contribution in [0.5, 0.6) is 0 Å². The molecule has 0 aliphatic rings. The van der Waals surface area contributed by atoms with Crippen molar-refractivity contribution in [1.29, 1.82) is 0 Å². The first kappa shape index (κ1) is 14.6. The van der Waals surface area contributed by atoms with Gasteiger partial charge in [-0.25, -0.2) is 9.97 Å². The summed E-state index contributed by atoms with van der Waals surface area (Å²) in [6.45, 7) is 2.08. The Kier molecular flexibility index (Phi) is 4.66. The molecule has 2 aromatic rings. The third-order valence-electron chi connectivity index (χ3n) is 2.60. The van der Waals surface area contributed by atoms with E-state index in [1.807, 2.05) is 0 Å². The van der Waals surface area contributed by atoms with Crippen LogP contribution in [0, 0.1) is 0 Å². The molecule has 0 fully saturated rings. The zero-order valence-electron chi connectivity index (χ0n) is 10.3. The van der Waals surface area contributed by atoms with Gasteiger partial charge in [0.1, 0.15) is 5.82 Å².